The van der Waals surface area contributed by atoms with Gasteiger partial charge in [0.2, 0.25) is 0 Å². The van der Waals surface area contributed by atoms with Crippen LogP contribution in [0.15, 0.2) is 29.3 Å². The van der Waals surface area contributed by atoms with Gasteiger partial charge in [-0.2, -0.15) is 0 Å². The third kappa shape index (κ3) is 2.01. The molecule has 0 atom stereocenters. The first-order chi connectivity index (χ1) is 9.20. The van der Waals surface area contributed by atoms with Crippen LogP contribution in [0.5, 0.6) is 0 Å². The van der Waals surface area contributed by atoms with Gasteiger partial charge in [-0.25, -0.2) is 4.98 Å². The Morgan fingerprint density at radius 2 is 2.32 bits per heavy atom. The molecule has 0 radical (unpaired) electrons. The minimum atomic E-state index is -0.102. The molecule has 0 unspecified atom stereocenters. The van der Waals surface area contributed by atoms with Crippen molar-refractivity contribution in [1.29, 1.82) is 0 Å². The Balaban J connectivity index is 2.26. The predicted octanol–water partition coefficient (Wildman–Crippen LogP) is 2.18. The van der Waals surface area contributed by atoms with Crippen molar-refractivity contribution in [2.24, 2.45) is 0 Å². The van der Waals surface area contributed by atoms with Gasteiger partial charge in [0, 0.05) is 23.0 Å². The van der Waals surface area contributed by atoms with Crippen LogP contribution in [-0.4, -0.2) is 28.3 Å². The highest BCUT2D eigenvalue weighted by Gasteiger charge is 2.10. The molecular weight excluding hydrogens is 266 g/mol. The molecule has 2 heterocycles. The lowest BCUT2D eigenvalue weighted by molar-refractivity contribution is 0.186. The van der Waals surface area contributed by atoms with Gasteiger partial charge in [0.25, 0.3) is 5.56 Å². The number of ether oxygens (including phenoxy) is 1. The van der Waals surface area contributed by atoms with E-state index in [4.69, 9.17) is 16.3 Å². The number of fused-ring (bicyclic) bond motifs is 3. The lowest BCUT2D eigenvalue weighted by atomic mass is 10.2. The fourth-order valence-corrected chi connectivity index (χ4v) is 2.28. The second-order valence-corrected chi connectivity index (χ2v) is 4.71. The molecule has 6 heteroatoms. The van der Waals surface area contributed by atoms with Crippen LogP contribution in [0.4, 0.5) is 0 Å². The minimum Gasteiger partial charge on any atom is -0.383 e. The summed E-state index contributed by atoms with van der Waals surface area (Å²) in [7, 11) is 1.60. The first kappa shape index (κ1) is 12.2. The van der Waals surface area contributed by atoms with E-state index < -0.39 is 0 Å². The molecule has 0 aliphatic heterocycles. The summed E-state index contributed by atoms with van der Waals surface area (Å²) in [5.41, 5.74) is 1.90. The summed E-state index contributed by atoms with van der Waals surface area (Å²) in [6.45, 7) is 0.952. The van der Waals surface area contributed by atoms with E-state index in [1.165, 1.54) is 10.9 Å². The SMILES string of the molecule is COCCn1cnc2c([nH]c3ccc(Cl)cc32)c1=O. The molecule has 98 valence electrons. The molecule has 0 saturated carbocycles. The molecule has 0 amide bonds. The number of hydrogen-bond donors (Lipinski definition) is 1. The van der Waals surface area contributed by atoms with Crippen LogP contribution in [0.3, 0.4) is 0 Å². The zero-order chi connectivity index (χ0) is 13.4. The second-order valence-electron chi connectivity index (χ2n) is 4.27. The van der Waals surface area contributed by atoms with Gasteiger partial charge in [-0.1, -0.05) is 11.6 Å². The van der Waals surface area contributed by atoms with Gasteiger partial charge in [-0.15, -0.1) is 0 Å². The predicted molar refractivity (Wildman–Crippen MR) is 74.7 cm³/mol. The summed E-state index contributed by atoms with van der Waals surface area (Å²) in [5.74, 6) is 0. The molecular formula is C13H12ClN3O2. The van der Waals surface area contributed by atoms with E-state index in [0.29, 0.717) is 29.2 Å². The number of aromatic nitrogens is 3. The fraction of sp³-hybridized carbons (Fsp3) is 0.231. The van der Waals surface area contributed by atoms with Gasteiger partial charge in [0.05, 0.1) is 19.5 Å². The van der Waals surface area contributed by atoms with Crippen LogP contribution in [0.2, 0.25) is 5.02 Å². The Kier molecular flexibility index (Phi) is 3.00. The summed E-state index contributed by atoms with van der Waals surface area (Å²) < 4.78 is 6.50. The van der Waals surface area contributed by atoms with Gasteiger partial charge in [-0.05, 0) is 18.2 Å². The first-order valence-electron chi connectivity index (χ1n) is 5.86. The number of hydrogen-bond acceptors (Lipinski definition) is 3. The van der Waals surface area contributed by atoms with E-state index in [9.17, 15) is 4.79 Å². The summed E-state index contributed by atoms with van der Waals surface area (Å²) in [5, 5.41) is 1.48. The Bertz CT molecular complexity index is 807. The van der Waals surface area contributed by atoms with Crippen LogP contribution < -0.4 is 5.56 Å². The Hall–Kier alpha value is -1.85. The molecule has 3 rings (SSSR count). The summed E-state index contributed by atoms with van der Waals surface area (Å²) in [6.07, 6.45) is 1.54. The Morgan fingerprint density at radius 3 is 3.11 bits per heavy atom. The number of nitrogens with zero attached hydrogens (tertiary/aromatic N) is 2. The molecule has 0 spiro atoms. The quantitative estimate of drug-likeness (QED) is 0.798. The fourth-order valence-electron chi connectivity index (χ4n) is 2.11. The zero-order valence-corrected chi connectivity index (χ0v) is 11.1. The second kappa shape index (κ2) is 4.68. The van der Waals surface area contributed by atoms with E-state index in [2.05, 4.69) is 9.97 Å². The standard InChI is InChI=1S/C13H12ClN3O2/c1-19-5-4-17-7-15-11-9-6-8(14)2-3-10(9)16-12(11)13(17)18/h2-3,6-7,16H,4-5H2,1H3. The van der Waals surface area contributed by atoms with Gasteiger partial charge in [0.1, 0.15) is 11.0 Å². The van der Waals surface area contributed by atoms with Crippen molar-refractivity contribution in [3.05, 3.63) is 39.9 Å². The maximum Gasteiger partial charge on any atom is 0.277 e. The molecule has 0 aliphatic carbocycles. The highest BCUT2D eigenvalue weighted by Crippen LogP contribution is 2.24. The summed E-state index contributed by atoms with van der Waals surface area (Å²) >= 11 is 5.97. The molecule has 5 nitrogen and oxygen atoms in total. The summed E-state index contributed by atoms with van der Waals surface area (Å²) in [4.78, 5) is 19.7. The van der Waals surface area contributed by atoms with Crippen molar-refractivity contribution < 1.29 is 4.74 Å². The number of aromatic amines is 1. The molecule has 0 aliphatic rings. The molecule has 0 bridgehead atoms. The van der Waals surface area contributed by atoms with Crippen LogP contribution in [0, 0.1) is 0 Å². The number of methoxy groups -OCH3 is 1. The highest BCUT2D eigenvalue weighted by atomic mass is 35.5. The van der Waals surface area contributed by atoms with Crippen molar-refractivity contribution in [2.75, 3.05) is 13.7 Å². The van der Waals surface area contributed by atoms with E-state index in [-0.39, 0.29) is 5.56 Å². The average Bonchev–Trinajstić information content (AvgIpc) is 2.77. The van der Waals surface area contributed by atoms with Crippen LogP contribution in [0.25, 0.3) is 21.9 Å². The maximum absolute atomic E-state index is 12.3. The van der Waals surface area contributed by atoms with Crippen LogP contribution in [0.1, 0.15) is 0 Å². The molecule has 0 saturated heterocycles. The number of benzene rings is 1. The largest absolute Gasteiger partial charge is 0.383 e. The average molecular weight is 278 g/mol. The number of halogens is 1. The molecule has 2 aromatic heterocycles. The molecule has 1 N–H and O–H groups in total. The monoisotopic (exact) mass is 277 g/mol. The molecule has 0 fully saturated rings. The van der Waals surface area contributed by atoms with E-state index >= 15 is 0 Å². The maximum atomic E-state index is 12.3. The van der Waals surface area contributed by atoms with E-state index in [1.807, 2.05) is 12.1 Å². The first-order valence-corrected chi connectivity index (χ1v) is 6.24. The van der Waals surface area contributed by atoms with Crippen molar-refractivity contribution >= 4 is 33.5 Å². The third-order valence-corrected chi connectivity index (χ3v) is 3.31. The van der Waals surface area contributed by atoms with Crippen molar-refractivity contribution in [3.8, 4) is 0 Å². The van der Waals surface area contributed by atoms with Crippen LogP contribution in [-0.2, 0) is 11.3 Å². The normalized spacial score (nSPS) is 11.5. The number of nitrogens with one attached hydrogen (secondary N) is 1. The molecule has 1 aromatic carbocycles. The topological polar surface area (TPSA) is 59.9 Å². The summed E-state index contributed by atoms with van der Waals surface area (Å²) in [6, 6.07) is 5.43. The van der Waals surface area contributed by atoms with Crippen LogP contribution >= 0.6 is 11.6 Å². The number of H-pyrrole nitrogens is 1. The molecule has 3 aromatic rings. The lowest BCUT2D eigenvalue weighted by Gasteiger charge is -2.03. The smallest absolute Gasteiger partial charge is 0.277 e. The van der Waals surface area contributed by atoms with Gasteiger partial charge < -0.3 is 9.72 Å². The Labute approximate surface area is 113 Å². The van der Waals surface area contributed by atoms with Gasteiger partial charge in [-0.3, -0.25) is 9.36 Å². The van der Waals surface area contributed by atoms with Crippen molar-refractivity contribution in [2.45, 2.75) is 6.54 Å². The van der Waals surface area contributed by atoms with Crippen molar-refractivity contribution in [3.63, 3.8) is 0 Å². The third-order valence-electron chi connectivity index (χ3n) is 3.07. The minimum absolute atomic E-state index is 0.102. The van der Waals surface area contributed by atoms with Gasteiger partial charge >= 0.3 is 0 Å². The van der Waals surface area contributed by atoms with Crippen molar-refractivity contribution in [1.82, 2.24) is 14.5 Å². The Morgan fingerprint density at radius 1 is 1.47 bits per heavy atom. The highest BCUT2D eigenvalue weighted by molar-refractivity contribution is 6.31. The van der Waals surface area contributed by atoms with E-state index in [1.54, 1.807) is 13.2 Å². The molecule has 19 heavy (non-hydrogen) atoms. The number of rotatable bonds is 3. The van der Waals surface area contributed by atoms with Gasteiger partial charge in [0.15, 0.2) is 0 Å². The van der Waals surface area contributed by atoms with E-state index in [0.717, 1.165) is 10.9 Å². The zero-order valence-electron chi connectivity index (χ0n) is 10.3. The lowest BCUT2D eigenvalue weighted by Crippen LogP contribution is -2.22.